The van der Waals surface area contributed by atoms with E-state index in [-0.39, 0.29) is 0 Å². The van der Waals surface area contributed by atoms with Gasteiger partial charge in [-0.2, -0.15) is 0 Å². The van der Waals surface area contributed by atoms with Crippen molar-refractivity contribution in [3.8, 4) is 0 Å². The maximum absolute atomic E-state index is 5.44. The predicted molar refractivity (Wildman–Crippen MR) is 73.5 cm³/mol. The molecule has 0 heterocycles. The fraction of sp³-hybridized carbons (Fsp3) is 0.308. The zero-order chi connectivity index (χ0) is 12.1. The number of quaternary nitrogens is 1. The average molecular weight is 235 g/mol. The van der Waals surface area contributed by atoms with Crippen LogP contribution in [0.15, 0.2) is 36.5 Å². The van der Waals surface area contributed by atoms with Gasteiger partial charge in [0.25, 0.3) is 0 Å². The van der Waals surface area contributed by atoms with Crippen LogP contribution >= 0.6 is 12.2 Å². The standard InChI is InChI=1S/C13H18N2S/c1-14(2)10-12(13(16)15(3)4)11-8-6-5-7-9-11/h5-10H,1-4H3/p+1/b12-10-. The van der Waals surface area contributed by atoms with Crippen LogP contribution in [-0.2, 0) is 0 Å². The highest BCUT2D eigenvalue weighted by Gasteiger charge is 2.11. The van der Waals surface area contributed by atoms with E-state index in [9.17, 15) is 0 Å². The Balaban J connectivity index is 3.12. The number of nitrogens with one attached hydrogen (secondary N) is 1. The van der Waals surface area contributed by atoms with Gasteiger partial charge >= 0.3 is 0 Å². The van der Waals surface area contributed by atoms with Gasteiger partial charge in [-0.1, -0.05) is 42.5 Å². The van der Waals surface area contributed by atoms with Crippen molar-refractivity contribution in [2.75, 3.05) is 28.2 Å². The van der Waals surface area contributed by atoms with Crippen LogP contribution in [0.5, 0.6) is 0 Å². The smallest absolute Gasteiger partial charge is 0.114 e. The van der Waals surface area contributed by atoms with Gasteiger partial charge in [0.1, 0.15) is 11.2 Å². The SMILES string of the molecule is CN(C)C(=S)/C(=C\[NH+](C)C)c1ccccc1. The molecule has 0 aromatic heterocycles. The van der Waals surface area contributed by atoms with Crippen LogP contribution in [0, 0.1) is 0 Å². The first-order chi connectivity index (χ1) is 7.52. The van der Waals surface area contributed by atoms with E-state index in [4.69, 9.17) is 12.2 Å². The van der Waals surface area contributed by atoms with Crippen LogP contribution in [0.25, 0.3) is 5.57 Å². The fourth-order valence-electron chi connectivity index (χ4n) is 1.42. The van der Waals surface area contributed by atoms with E-state index in [1.165, 1.54) is 10.5 Å². The molecule has 0 bridgehead atoms. The molecule has 0 aliphatic rings. The molecular formula is C13H19N2S+. The molecule has 1 rings (SSSR count). The molecule has 0 atom stereocenters. The second kappa shape index (κ2) is 5.77. The molecule has 0 fully saturated rings. The normalized spacial score (nSPS) is 11.7. The summed E-state index contributed by atoms with van der Waals surface area (Å²) in [6, 6.07) is 10.3. The van der Waals surface area contributed by atoms with Gasteiger partial charge in [0.2, 0.25) is 0 Å². The maximum atomic E-state index is 5.44. The van der Waals surface area contributed by atoms with Crippen molar-refractivity contribution in [3.63, 3.8) is 0 Å². The Hall–Kier alpha value is -1.19. The quantitative estimate of drug-likeness (QED) is 0.619. The van der Waals surface area contributed by atoms with Crippen LogP contribution in [0.4, 0.5) is 0 Å². The third-order valence-corrected chi connectivity index (χ3v) is 2.74. The minimum absolute atomic E-state index is 0.868. The Labute approximate surface area is 103 Å². The van der Waals surface area contributed by atoms with E-state index < -0.39 is 0 Å². The van der Waals surface area contributed by atoms with Crippen LogP contribution in [0.2, 0.25) is 0 Å². The number of nitrogens with zero attached hydrogens (tertiary/aromatic N) is 1. The summed E-state index contributed by atoms with van der Waals surface area (Å²) < 4.78 is 0. The van der Waals surface area contributed by atoms with Crippen LogP contribution < -0.4 is 4.90 Å². The van der Waals surface area contributed by atoms with Crippen molar-refractivity contribution in [2.45, 2.75) is 0 Å². The Morgan fingerprint density at radius 2 is 1.75 bits per heavy atom. The number of rotatable bonds is 3. The van der Waals surface area contributed by atoms with Crippen LogP contribution in [-0.4, -0.2) is 38.1 Å². The molecule has 0 spiro atoms. The molecule has 0 amide bonds. The van der Waals surface area contributed by atoms with Crippen molar-refractivity contribution < 1.29 is 4.90 Å². The molecular weight excluding hydrogens is 216 g/mol. The lowest BCUT2D eigenvalue weighted by molar-refractivity contribution is -0.800. The van der Waals surface area contributed by atoms with Crippen molar-refractivity contribution in [1.29, 1.82) is 0 Å². The predicted octanol–water partition coefficient (Wildman–Crippen LogP) is 1.06. The van der Waals surface area contributed by atoms with E-state index in [2.05, 4.69) is 32.4 Å². The molecule has 86 valence electrons. The van der Waals surface area contributed by atoms with E-state index >= 15 is 0 Å². The second-order valence-electron chi connectivity index (χ2n) is 4.20. The molecule has 0 saturated heterocycles. The highest BCUT2D eigenvalue weighted by atomic mass is 32.1. The van der Waals surface area contributed by atoms with Crippen molar-refractivity contribution in [3.05, 3.63) is 42.1 Å². The summed E-state index contributed by atoms with van der Waals surface area (Å²) >= 11 is 5.44. The number of thiocarbonyl (C=S) groups is 1. The fourth-order valence-corrected chi connectivity index (χ4v) is 1.59. The average Bonchev–Trinajstić information content (AvgIpc) is 2.26. The summed E-state index contributed by atoms with van der Waals surface area (Å²) in [6.45, 7) is 0. The lowest BCUT2D eigenvalue weighted by atomic mass is 10.1. The molecule has 0 radical (unpaired) electrons. The second-order valence-corrected chi connectivity index (χ2v) is 4.59. The lowest BCUT2D eigenvalue weighted by Crippen LogP contribution is -3.00. The van der Waals surface area contributed by atoms with Crippen LogP contribution in [0.1, 0.15) is 5.56 Å². The van der Waals surface area contributed by atoms with Gasteiger partial charge in [0.05, 0.1) is 19.7 Å². The molecule has 0 saturated carbocycles. The molecule has 1 aromatic carbocycles. The number of hydrogen-bond acceptors (Lipinski definition) is 1. The Kier molecular flexibility index (Phi) is 4.65. The topological polar surface area (TPSA) is 7.68 Å². The molecule has 2 nitrogen and oxygen atoms in total. The minimum atomic E-state index is 0.868. The molecule has 16 heavy (non-hydrogen) atoms. The van der Waals surface area contributed by atoms with E-state index in [1.807, 2.05) is 37.2 Å². The van der Waals surface area contributed by atoms with Gasteiger partial charge in [0.15, 0.2) is 0 Å². The van der Waals surface area contributed by atoms with E-state index in [0.29, 0.717) is 0 Å². The molecule has 0 aliphatic carbocycles. The zero-order valence-electron chi connectivity index (χ0n) is 10.3. The van der Waals surface area contributed by atoms with Gasteiger partial charge < -0.3 is 9.80 Å². The summed E-state index contributed by atoms with van der Waals surface area (Å²) in [5, 5.41) is 0. The van der Waals surface area contributed by atoms with E-state index in [0.717, 1.165) is 10.6 Å². The van der Waals surface area contributed by atoms with Crippen molar-refractivity contribution in [2.24, 2.45) is 0 Å². The summed E-state index contributed by atoms with van der Waals surface area (Å²) in [4.78, 5) is 4.09. The zero-order valence-corrected chi connectivity index (χ0v) is 11.1. The summed E-state index contributed by atoms with van der Waals surface area (Å²) in [5.74, 6) is 0. The van der Waals surface area contributed by atoms with E-state index in [1.54, 1.807) is 0 Å². The van der Waals surface area contributed by atoms with Gasteiger partial charge in [0, 0.05) is 14.1 Å². The third kappa shape index (κ3) is 3.43. The van der Waals surface area contributed by atoms with Crippen molar-refractivity contribution in [1.82, 2.24) is 4.90 Å². The van der Waals surface area contributed by atoms with Crippen molar-refractivity contribution >= 4 is 22.8 Å². The first kappa shape index (κ1) is 12.9. The Morgan fingerprint density at radius 3 is 2.19 bits per heavy atom. The third-order valence-electron chi connectivity index (χ3n) is 2.15. The molecule has 0 unspecified atom stereocenters. The number of benzene rings is 1. The lowest BCUT2D eigenvalue weighted by Gasteiger charge is -2.17. The van der Waals surface area contributed by atoms with Crippen LogP contribution in [0.3, 0.4) is 0 Å². The van der Waals surface area contributed by atoms with Gasteiger partial charge in [-0.15, -0.1) is 0 Å². The largest absolute Gasteiger partial charge is 0.368 e. The monoisotopic (exact) mass is 235 g/mol. The highest BCUT2D eigenvalue weighted by molar-refractivity contribution is 7.81. The van der Waals surface area contributed by atoms with Gasteiger partial charge in [-0.05, 0) is 5.56 Å². The van der Waals surface area contributed by atoms with Gasteiger partial charge in [-0.25, -0.2) is 0 Å². The first-order valence-corrected chi connectivity index (χ1v) is 5.72. The number of likely N-dealkylation sites (N-methyl/N-ethyl adjacent to an activating group) is 1. The Bertz CT molecular complexity index is 380. The van der Waals surface area contributed by atoms with Gasteiger partial charge in [-0.3, -0.25) is 0 Å². The first-order valence-electron chi connectivity index (χ1n) is 5.31. The highest BCUT2D eigenvalue weighted by Crippen LogP contribution is 2.15. The summed E-state index contributed by atoms with van der Waals surface area (Å²) in [6.07, 6.45) is 2.14. The Morgan fingerprint density at radius 1 is 1.19 bits per heavy atom. The molecule has 0 aliphatic heterocycles. The maximum Gasteiger partial charge on any atom is 0.114 e. The summed E-state index contributed by atoms with van der Waals surface area (Å²) in [5.41, 5.74) is 2.28. The molecule has 1 N–H and O–H groups in total. The molecule has 3 heteroatoms. The summed E-state index contributed by atoms with van der Waals surface area (Å²) in [7, 11) is 8.12. The molecule has 1 aromatic rings. The number of hydrogen-bond donors (Lipinski definition) is 1. The minimum Gasteiger partial charge on any atom is -0.368 e.